The van der Waals surface area contributed by atoms with E-state index in [1.807, 2.05) is 18.2 Å². The SMILES string of the molecule is C=C/C(=C\C=C\Cc1cc(NC(=O)Cc2ccc(Cl)cc2Cl)ccc1N)S(C)=O.CN. The second kappa shape index (κ2) is 13.8. The number of anilines is 2. The van der Waals surface area contributed by atoms with E-state index in [-0.39, 0.29) is 12.3 Å². The first-order valence-electron chi connectivity index (χ1n) is 9.32. The number of nitrogens with one attached hydrogen (secondary N) is 1. The number of amides is 1. The molecule has 166 valence electrons. The van der Waals surface area contributed by atoms with Crippen LogP contribution in [0.1, 0.15) is 11.1 Å². The van der Waals surface area contributed by atoms with Crippen LogP contribution in [0.4, 0.5) is 11.4 Å². The number of hydrogen-bond acceptors (Lipinski definition) is 4. The minimum absolute atomic E-state index is 0.138. The minimum Gasteiger partial charge on any atom is -0.398 e. The van der Waals surface area contributed by atoms with E-state index < -0.39 is 10.8 Å². The molecular formula is C23H27Cl2N3O2S. The lowest BCUT2D eigenvalue weighted by Crippen LogP contribution is -2.15. The maximum atomic E-state index is 12.4. The second-order valence-electron chi connectivity index (χ2n) is 6.23. The predicted molar refractivity (Wildman–Crippen MR) is 135 cm³/mol. The lowest BCUT2D eigenvalue weighted by Gasteiger charge is -2.10. The first-order chi connectivity index (χ1) is 14.8. The number of rotatable bonds is 8. The lowest BCUT2D eigenvalue weighted by molar-refractivity contribution is -0.115. The monoisotopic (exact) mass is 479 g/mol. The third kappa shape index (κ3) is 9.11. The van der Waals surface area contributed by atoms with Crippen molar-refractivity contribution in [1.82, 2.24) is 0 Å². The molecule has 8 heteroatoms. The smallest absolute Gasteiger partial charge is 0.228 e. The second-order valence-corrected chi connectivity index (χ2v) is 8.46. The van der Waals surface area contributed by atoms with Crippen LogP contribution in [0.25, 0.3) is 0 Å². The van der Waals surface area contributed by atoms with Crippen LogP contribution in [0.5, 0.6) is 0 Å². The maximum Gasteiger partial charge on any atom is 0.228 e. The number of benzene rings is 2. The average molecular weight is 480 g/mol. The van der Waals surface area contributed by atoms with Crippen molar-refractivity contribution in [3.8, 4) is 0 Å². The van der Waals surface area contributed by atoms with Gasteiger partial charge in [-0.25, -0.2) is 0 Å². The summed E-state index contributed by atoms with van der Waals surface area (Å²) in [5, 5.41) is 3.84. The zero-order chi connectivity index (χ0) is 23.4. The van der Waals surface area contributed by atoms with Gasteiger partial charge in [-0.1, -0.05) is 54.1 Å². The van der Waals surface area contributed by atoms with Crippen molar-refractivity contribution in [1.29, 1.82) is 0 Å². The van der Waals surface area contributed by atoms with Crippen LogP contribution >= 0.6 is 23.2 Å². The number of halogens is 2. The summed E-state index contributed by atoms with van der Waals surface area (Å²) in [6, 6.07) is 10.4. The van der Waals surface area contributed by atoms with E-state index in [2.05, 4.69) is 17.6 Å². The van der Waals surface area contributed by atoms with E-state index in [1.54, 1.807) is 48.7 Å². The molecule has 1 atom stereocenters. The Bertz CT molecular complexity index is 1000. The Hall–Kier alpha value is -2.38. The standard InChI is InChI=1S/C22H22Cl2N2O2S.CH5N/c1-3-19(29(2)28)7-5-4-6-16-12-18(10-11-21(16)25)26-22(27)13-15-8-9-17(23)14-20(15)24;1-2/h3-5,7-12,14H,1,6,13,25H2,2H3,(H,26,27);2H2,1H3/b5-4+,19-7+;. The fourth-order valence-corrected chi connectivity index (χ4v) is 3.52. The Morgan fingerprint density at radius 3 is 2.48 bits per heavy atom. The summed E-state index contributed by atoms with van der Waals surface area (Å²) in [6.45, 7) is 3.64. The number of allylic oxidation sites excluding steroid dienone is 4. The summed E-state index contributed by atoms with van der Waals surface area (Å²) in [7, 11) is 0.417. The molecular weight excluding hydrogens is 453 g/mol. The quantitative estimate of drug-likeness (QED) is 0.371. The third-order valence-corrected chi connectivity index (χ3v) is 5.61. The molecule has 1 amide bonds. The van der Waals surface area contributed by atoms with Gasteiger partial charge in [0.25, 0.3) is 0 Å². The van der Waals surface area contributed by atoms with Crippen molar-refractivity contribution in [3.05, 3.63) is 93.4 Å². The Morgan fingerprint density at radius 2 is 1.87 bits per heavy atom. The zero-order valence-electron chi connectivity index (χ0n) is 17.5. The van der Waals surface area contributed by atoms with E-state index >= 15 is 0 Å². The van der Waals surface area contributed by atoms with E-state index in [9.17, 15) is 9.00 Å². The summed E-state index contributed by atoms with van der Waals surface area (Å²) in [6.07, 6.45) is 9.34. The Labute approximate surface area is 196 Å². The first-order valence-corrected chi connectivity index (χ1v) is 11.6. The molecule has 2 aromatic rings. The molecule has 5 nitrogen and oxygen atoms in total. The number of carbonyl (C=O) groups is 1. The van der Waals surface area contributed by atoms with Gasteiger partial charge in [0, 0.05) is 43.4 Å². The number of carbonyl (C=O) groups excluding carboxylic acids is 1. The Balaban J connectivity index is 0.00000233. The van der Waals surface area contributed by atoms with Gasteiger partial charge in [-0.3, -0.25) is 9.00 Å². The van der Waals surface area contributed by atoms with Crippen LogP contribution in [-0.2, 0) is 28.4 Å². The Morgan fingerprint density at radius 1 is 1.16 bits per heavy atom. The molecule has 0 radical (unpaired) electrons. The third-order valence-electron chi connectivity index (χ3n) is 4.06. The largest absolute Gasteiger partial charge is 0.398 e. The Kier molecular flexibility index (Phi) is 11.9. The van der Waals surface area contributed by atoms with Gasteiger partial charge in [0.05, 0.1) is 6.42 Å². The molecule has 2 rings (SSSR count). The summed E-state index contributed by atoms with van der Waals surface area (Å²) >= 11 is 12.0. The highest BCUT2D eigenvalue weighted by atomic mass is 35.5. The molecule has 0 aliphatic heterocycles. The van der Waals surface area contributed by atoms with Crippen LogP contribution < -0.4 is 16.8 Å². The fraction of sp³-hybridized carbons (Fsp3) is 0.174. The molecule has 0 bridgehead atoms. The molecule has 0 spiro atoms. The minimum atomic E-state index is -1.08. The van der Waals surface area contributed by atoms with Crippen molar-refractivity contribution in [2.24, 2.45) is 5.73 Å². The fourth-order valence-electron chi connectivity index (χ4n) is 2.54. The molecule has 0 aliphatic carbocycles. The van der Waals surface area contributed by atoms with Crippen LogP contribution in [0.3, 0.4) is 0 Å². The van der Waals surface area contributed by atoms with Gasteiger partial charge in [0.15, 0.2) is 0 Å². The predicted octanol–water partition coefficient (Wildman–Crippen LogP) is 4.88. The van der Waals surface area contributed by atoms with E-state index in [0.29, 0.717) is 38.3 Å². The van der Waals surface area contributed by atoms with Gasteiger partial charge in [-0.2, -0.15) is 0 Å². The molecule has 5 N–H and O–H groups in total. The van der Waals surface area contributed by atoms with Gasteiger partial charge in [-0.15, -0.1) is 0 Å². The highest BCUT2D eigenvalue weighted by molar-refractivity contribution is 7.88. The van der Waals surface area contributed by atoms with Crippen molar-refractivity contribution >= 4 is 51.3 Å². The molecule has 2 aromatic carbocycles. The summed E-state index contributed by atoms with van der Waals surface area (Å²) in [4.78, 5) is 13.0. The van der Waals surface area contributed by atoms with E-state index in [1.165, 1.54) is 7.05 Å². The van der Waals surface area contributed by atoms with Crippen molar-refractivity contribution < 1.29 is 9.00 Å². The van der Waals surface area contributed by atoms with Crippen LogP contribution in [0.15, 0.2) is 72.2 Å². The van der Waals surface area contributed by atoms with Crippen LogP contribution in [0, 0.1) is 0 Å². The van der Waals surface area contributed by atoms with Crippen LogP contribution in [0.2, 0.25) is 10.0 Å². The molecule has 0 fully saturated rings. The van der Waals surface area contributed by atoms with Gasteiger partial charge in [-0.05, 0) is 61.0 Å². The molecule has 0 heterocycles. The van der Waals surface area contributed by atoms with Gasteiger partial charge in [0.1, 0.15) is 0 Å². The zero-order valence-corrected chi connectivity index (χ0v) is 19.9. The topological polar surface area (TPSA) is 98.2 Å². The van der Waals surface area contributed by atoms with Gasteiger partial charge < -0.3 is 16.8 Å². The molecule has 0 aromatic heterocycles. The highest BCUT2D eigenvalue weighted by Crippen LogP contribution is 2.23. The number of nitrogen functional groups attached to an aromatic ring is 1. The van der Waals surface area contributed by atoms with Crippen molar-refractivity contribution in [2.75, 3.05) is 24.4 Å². The summed E-state index contributed by atoms with van der Waals surface area (Å²) in [5.74, 6) is -0.190. The molecule has 0 saturated heterocycles. The number of nitrogens with two attached hydrogens (primary N) is 2. The van der Waals surface area contributed by atoms with E-state index in [4.69, 9.17) is 28.9 Å². The van der Waals surface area contributed by atoms with Crippen molar-refractivity contribution in [3.63, 3.8) is 0 Å². The summed E-state index contributed by atoms with van der Waals surface area (Å²) < 4.78 is 11.5. The van der Waals surface area contributed by atoms with Crippen molar-refractivity contribution in [2.45, 2.75) is 12.8 Å². The molecule has 31 heavy (non-hydrogen) atoms. The van der Waals surface area contributed by atoms with Crippen LogP contribution in [-0.4, -0.2) is 23.4 Å². The normalized spacial score (nSPS) is 12.1. The average Bonchev–Trinajstić information content (AvgIpc) is 2.73. The maximum absolute atomic E-state index is 12.4. The van der Waals surface area contributed by atoms with Gasteiger partial charge in [0.2, 0.25) is 5.91 Å². The highest BCUT2D eigenvalue weighted by Gasteiger charge is 2.09. The molecule has 0 saturated carbocycles. The summed E-state index contributed by atoms with van der Waals surface area (Å²) in [5.41, 5.74) is 13.4. The number of hydrogen-bond donors (Lipinski definition) is 3. The lowest BCUT2D eigenvalue weighted by atomic mass is 10.1. The van der Waals surface area contributed by atoms with E-state index in [0.717, 1.165) is 5.56 Å². The molecule has 0 aliphatic rings. The first kappa shape index (κ1) is 26.7. The van der Waals surface area contributed by atoms with Gasteiger partial charge >= 0.3 is 0 Å². The molecule has 1 unspecified atom stereocenters.